The number of ether oxygens (including phenoxy) is 1. The lowest BCUT2D eigenvalue weighted by Gasteiger charge is -2.19. The number of amides is 1. The largest absolute Gasteiger partial charge is 0.444 e. The maximum absolute atomic E-state index is 11.3. The van der Waals surface area contributed by atoms with Gasteiger partial charge in [0.2, 0.25) is 4.77 Å². The molecule has 0 aliphatic carbocycles. The van der Waals surface area contributed by atoms with Crippen molar-refractivity contribution in [3.05, 3.63) is 10.6 Å². The molecule has 0 aliphatic heterocycles. The van der Waals surface area contributed by atoms with Gasteiger partial charge in [-0.1, -0.05) is 0 Å². The zero-order valence-corrected chi connectivity index (χ0v) is 10.9. The lowest BCUT2D eigenvalue weighted by atomic mass is 10.2. The van der Waals surface area contributed by atoms with Crippen LogP contribution in [0.3, 0.4) is 0 Å². The van der Waals surface area contributed by atoms with Gasteiger partial charge in [0, 0.05) is 13.0 Å². The van der Waals surface area contributed by atoms with Crippen molar-refractivity contribution in [3.8, 4) is 0 Å². The summed E-state index contributed by atoms with van der Waals surface area (Å²) in [6, 6.07) is 0. The lowest BCUT2D eigenvalue weighted by molar-refractivity contribution is 0.0528. The van der Waals surface area contributed by atoms with E-state index < -0.39 is 11.7 Å². The van der Waals surface area contributed by atoms with E-state index in [-0.39, 0.29) is 0 Å². The Bertz CT molecular complexity index is 445. The van der Waals surface area contributed by atoms with Crippen molar-refractivity contribution >= 4 is 18.3 Å². The second-order valence-electron chi connectivity index (χ2n) is 4.49. The molecular weight excluding hydrogens is 242 g/mol. The minimum Gasteiger partial charge on any atom is -0.444 e. The van der Waals surface area contributed by atoms with Gasteiger partial charge in [-0.25, -0.2) is 9.47 Å². The standard InChI is InChI=1S/C9H17N5O2S/c1-9(2,3)16-8(15)11-5-4-6-12-13-7(17)14(6)10/h4-5,10H2,1-3H3,(H,11,15)(H,13,17). The molecular formula is C9H17N5O2S. The molecule has 0 bridgehead atoms. The Balaban J connectivity index is 2.36. The summed E-state index contributed by atoms with van der Waals surface area (Å²) in [5.41, 5.74) is -0.502. The highest BCUT2D eigenvalue weighted by atomic mass is 32.1. The van der Waals surface area contributed by atoms with Gasteiger partial charge in [0.25, 0.3) is 0 Å². The third-order valence-electron chi connectivity index (χ3n) is 1.79. The summed E-state index contributed by atoms with van der Waals surface area (Å²) in [5.74, 6) is 6.17. The Morgan fingerprint density at radius 3 is 2.76 bits per heavy atom. The van der Waals surface area contributed by atoms with Crippen LogP contribution in [-0.4, -0.2) is 33.1 Å². The predicted octanol–water partition coefficient (Wildman–Crippen LogP) is 0.722. The first kappa shape index (κ1) is 13.5. The van der Waals surface area contributed by atoms with Crippen LogP contribution in [0, 0.1) is 4.77 Å². The van der Waals surface area contributed by atoms with Crippen molar-refractivity contribution in [1.82, 2.24) is 20.2 Å². The Morgan fingerprint density at radius 1 is 1.65 bits per heavy atom. The normalized spacial score (nSPS) is 11.2. The number of carbonyl (C=O) groups is 1. The SMILES string of the molecule is CC(C)(C)OC(=O)NCCc1n[nH]c(=S)n1N. The van der Waals surface area contributed by atoms with E-state index in [1.54, 1.807) is 20.8 Å². The van der Waals surface area contributed by atoms with Crippen molar-refractivity contribution in [2.45, 2.75) is 32.8 Å². The summed E-state index contributed by atoms with van der Waals surface area (Å²) < 4.78 is 6.69. The molecule has 0 aromatic carbocycles. The predicted molar refractivity (Wildman–Crippen MR) is 65.5 cm³/mol. The molecule has 4 N–H and O–H groups in total. The molecule has 0 fully saturated rings. The van der Waals surface area contributed by atoms with Crippen molar-refractivity contribution in [1.29, 1.82) is 0 Å². The Kier molecular flexibility index (Phi) is 4.11. The van der Waals surface area contributed by atoms with Gasteiger partial charge in [-0.05, 0) is 33.0 Å². The first-order chi connectivity index (χ1) is 7.79. The third-order valence-corrected chi connectivity index (χ3v) is 2.08. The minimum atomic E-state index is -0.502. The smallest absolute Gasteiger partial charge is 0.407 e. The molecule has 0 aliphatic rings. The first-order valence-electron chi connectivity index (χ1n) is 5.18. The topological polar surface area (TPSA) is 98.0 Å². The summed E-state index contributed by atoms with van der Waals surface area (Å²) in [4.78, 5) is 11.3. The fraction of sp³-hybridized carbons (Fsp3) is 0.667. The molecule has 0 saturated heterocycles. The van der Waals surface area contributed by atoms with E-state index in [0.717, 1.165) is 0 Å². The number of hydrogen-bond donors (Lipinski definition) is 3. The molecule has 0 atom stereocenters. The number of aromatic nitrogens is 3. The number of hydrogen-bond acceptors (Lipinski definition) is 5. The number of aromatic amines is 1. The van der Waals surface area contributed by atoms with Gasteiger partial charge in [-0.15, -0.1) is 0 Å². The minimum absolute atomic E-state index is 0.345. The highest BCUT2D eigenvalue weighted by molar-refractivity contribution is 7.71. The molecule has 1 rings (SSSR count). The number of nitrogens with zero attached hydrogens (tertiary/aromatic N) is 2. The van der Waals surface area contributed by atoms with Crippen molar-refractivity contribution < 1.29 is 9.53 Å². The van der Waals surface area contributed by atoms with E-state index in [1.165, 1.54) is 4.68 Å². The molecule has 1 aromatic heterocycles. The van der Waals surface area contributed by atoms with Crippen LogP contribution >= 0.6 is 12.2 Å². The summed E-state index contributed by atoms with van der Waals surface area (Å²) in [5, 5.41) is 9.08. The molecule has 0 radical (unpaired) electrons. The fourth-order valence-corrected chi connectivity index (χ4v) is 1.26. The number of carbonyl (C=O) groups excluding carboxylic acids is 1. The van der Waals surface area contributed by atoms with Crippen molar-refractivity contribution in [3.63, 3.8) is 0 Å². The van der Waals surface area contributed by atoms with Gasteiger partial charge in [-0.2, -0.15) is 5.10 Å². The van der Waals surface area contributed by atoms with Gasteiger partial charge in [0.05, 0.1) is 0 Å². The van der Waals surface area contributed by atoms with E-state index in [4.69, 9.17) is 22.8 Å². The lowest BCUT2D eigenvalue weighted by Crippen LogP contribution is -2.34. The molecule has 17 heavy (non-hydrogen) atoms. The highest BCUT2D eigenvalue weighted by Gasteiger charge is 2.15. The molecule has 0 saturated carbocycles. The molecule has 1 amide bonds. The van der Waals surface area contributed by atoms with Crippen LogP contribution in [0.1, 0.15) is 26.6 Å². The van der Waals surface area contributed by atoms with E-state index in [0.29, 0.717) is 23.6 Å². The summed E-state index contributed by atoms with van der Waals surface area (Å²) in [6.45, 7) is 5.79. The van der Waals surface area contributed by atoms with E-state index >= 15 is 0 Å². The third kappa shape index (κ3) is 4.43. The fourth-order valence-electron chi connectivity index (χ4n) is 1.10. The second kappa shape index (κ2) is 5.17. The number of nitrogens with two attached hydrogens (primary N) is 1. The second-order valence-corrected chi connectivity index (χ2v) is 4.88. The average molecular weight is 259 g/mol. The maximum atomic E-state index is 11.3. The summed E-state index contributed by atoms with van der Waals surface area (Å²) in [7, 11) is 0. The molecule has 8 heteroatoms. The van der Waals surface area contributed by atoms with Gasteiger partial charge in [0.1, 0.15) is 5.60 Å². The van der Waals surface area contributed by atoms with E-state index in [9.17, 15) is 4.79 Å². The highest BCUT2D eigenvalue weighted by Crippen LogP contribution is 2.06. The molecule has 96 valence electrons. The number of nitrogens with one attached hydrogen (secondary N) is 2. The van der Waals surface area contributed by atoms with Crippen LogP contribution in [0.2, 0.25) is 0 Å². The average Bonchev–Trinajstić information content (AvgIpc) is 2.46. The van der Waals surface area contributed by atoms with E-state index in [2.05, 4.69) is 15.5 Å². The summed E-state index contributed by atoms with van der Waals surface area (Å²) >= 11 is 4.86. The maximum Gasteiger partial charge on any atom is 0.407 e. The van der Waals surface area contributed by atoms with Crippen molar-refractivity contribution in [2.24, 2.45) is 0 Å². The Labute approximate surface area is 104 Å². The zero-order chi connectivity index (χ0) is 13.1. The molecule has 0 unspecified atom stereocenters. The monoisotopic (exact) mass is 259 g/mol. The van der Waals surface area contributed by atoms with Crippen LogP contribution in [-0.2, 0) is 11.2 Å². The van der Waals surface area contributed by atoms with Crippen LogP contribution < -0.4 is 11.2 Å². The van der Waals surface area contributed by atoms with Crippen LogP contribution in [0.4, 0.5) is 4.79 Å². The molecule has 0 spiro atoms. The van der Waals surface area contributed by atoms with Gasteiger partial charge in [0.15, 0.2) is 5.82 Å². The van der Waals surface area contributed by atoms with Crippen LogP contribution in [0.15, 0.2) is 0 Å². The van der Waals surface area contributed by atoms with Gasteiger partial charge < -0.3 is 15.9 Å². The Hall–Kier alpha value is -1.57. The van der Waals surface area contributed by atoms with Crippen molar-refractivity contribution in [2.75, 3.05) is 12.4 Å². The zero-order valence-electron chi connectivity index (χ0n) is 10.1. The van der Waals surface area contributed by atoms with Gasteiger partial charge in [-0.3, -0.25) is 5.10 Å². The number of rotatable bonds is 3. The number of H-pyrrole nitrogens is 1. The van der Waals surface area contributed by atoms with E-state index in [1.807, 2.05) is 0 Å². The molecule has 7 nitrogen and oxygen atoms in total. The number of alkyl carbamates (subject to hydrolysis) is 1. The molecule has 1 heterocycles. The Morgan fingerprint density at radius 2 is 2.29 bits per heavy atom. The van der Waals surface area contributed by atoms with Crippen LogP contribution in [0.25, 0.3) is 0 Å². The van der Waals surface area contributed by atoms with Gasteiger partial charge >= 0.3 is 6.09 Å². The van der Waals surface area contributed by atoms with Crippen LogP contribution in [0.5, 0.6) is 0 Å². The molecule has 1 aromatic rings. The summed E-state index contributed by atoms with van der Waals surface area (Å²) in [6.07, 6.45) is 0.0123. The number of nitrogen functional groups attached to an aromatic ring is 1. The quantitative estimate of drug-likeness (QED) is 0.549. The first-order valence-corrected chi connectivity index (χ1v) is 5.58.